The molecule has 0 spiro atoms. The average molecular weight is 262 g/mol. The Labute approximate surface area is 108 Å². The van der Waals surface area contributed by atoms with Gasteiger partial charge in [0.2, 0.25) is 10.0 Å². The first-order valence-electron chi connectivity index (χ1n) is 5.82. The minimum absolute atomic E-state index is 0.323. The highest BCUT2D eigenvalue weighted by Gasteiger charge is 2.18. The van der Waals surface area contributed by atoms with Crippen molar-refractivity contribution in [2.45, 2.75) is 19.9 Å². The molecule has 4 heteroatoms. The van der Waals surface area contributed by atoms with Crippen LogP contribution in [0.1, 0.15) is 18.9 Å². The van der Waals surface area contributed by atoms with Gasteiger partial charge in [-0.05, 0) is 31.4 Å². The SMILES string of the molecule is CC1=CC=C(S(=O)(=O)NCc2ccccc2)C[CH]1. The molecule has 1 aromatic rings. The number of allylic oxidation sites excluding steroid dienone is 4. The first-order valence-corrected chi connectivity index (χ1v) is 7.30. The van der Waals surface area contributed by atoms with E-state index in [1.165, 1.54) is 0 Å². The second-order valence-corrected chi connectivity index (χ2v) is 6.08. The van der Waals surface area contributed by atoms with Crippen LogP contribution >= 0.6 is 0 Å². The van der Waals surface area contributed by atoms with Crippen LogP contribution in [0, 0.1) is 6.42 Å². The van der Waals surface area contributed by atoms with Crippen LogP contribution in [0.25, 0.3) is 0 Å². The molecule has 0 bridgehead atoms. The molecule has 0 amide bonds. The van der Waals surface area contributed by atoms with E-state index in [9.17, 15) is 8.42 Å². The predicted molar refractivity (Wildman–Crippen MR) is 73.0 cm³/mol. The standard InChI is InChI=1S/C14H16NO2S/c1-12-7-9-14(10-8-12)18(16,17)15-11-13-5-3-2-4-6-13/h2-9,15H,10-11H2,1H3. The van der Waals surface area contributed by atoms with Gasteiger partial charge in [-0.1, -0.05) is 42.0 Å². The lowest BCUT2D eigenvalue weighted by Crippen LogP contribution is -2.25. The van der Waals surface area contributed by atoms with Crippen molar-refractivity contribution in [3.05, 3.63) is 64.9 Å². The smallest absolute Gasteiger partial charge is 0.207 e. The van der Waals surface area contributed by atoms with E-state index in [0.29, 0.717) is 17.9 Å². The van der Waals surface area contributed by atoms with E-state index >= 15 is 0 Å². The number of benzene rings is 1. The van der Waals surface area contributed by atoms with Crippen molar-refractivity contribution in [3.63, 3.8) is 0 Å². The van der Waals surface area contributed by atoms with Gasteiger partial charge in [0.25, 0.3) is 0 Å². The summed E-state index contributed by atoms with van der Waals surface area (Å²) < 4.78 is 26.7. The fraction of sp³-hybridized carbons (Fsp3) is 0.214. The van der Waals surface area contributed by atoms with E-state index in [-0.39, 0.29) is 0 Å². The van der Waals surface area contributed by atoms with Crippen LogP contribution in [-0.4, -0.2) is 8.42 Å². The normalized spacial score (nSPS) is 16.1. The Hall–Kier alpha value is -1.39. The molecule has 1 aliphatic rings. The molecular formula is C14H16NO2S. The lowest BCUT2D eigenvalue weighted by Gasteiger charge is -2.13. The molecule has 3 nitrogen and oxygen atoms in total. The van der Waals surface area contributed by atoms with E-state index < -0.39 is 10.0 Å². The molecule has 0 saturated heterocycles. The van der Waals surface area contributed by atoms with Crippen molar-refractivity contribution in [2.24, 2.45) is 0 Å². The maximum absolute atomic E-state index is 12.0. The Bertz CT molecular complexity index is 571. The van der Waals surface area contributed by atoms with Gasteiger partial charge in [-0.2, -0.15) is 0 Å². The van der Waals surface area contributed by atoms with Crippen LogP contribution < -0.4 is 4.72 Å². The third-order valence-corrected chi connectivity index (χ3v) is 4.33. The summed E-state index contributed by atoms with van der Waals surface area (Å²) in [4.78, 5) is 0.420. The summed E-state index contributed by atoms with van der Waals surface area (Å²) in [5.74, 6) is 0. The molecule has 95 valence electrons. The van der Waals surface area contributed by atoms with Crippen molar-refractivity contribution < 1.29 is 8.42 Å². The number of nitrogens with one attached hydrogen (secondary N) is 1. The molecule has 0 fully saturated rings. The van der Waals surface area contributed by atoms with E-state index in [2.05, 4.69) is 4.72 Å². The van der Waals surface area contributed by atoms with Crippen molar-refractivity contribution >= 4 is 10.0 Å². The molecule has 0 atom stereocenters. The van der Waals surface area contributed by atoms with Crippen molar-refractivity contribution in [3.8, 4) is 0 Å². The Kier molecular flexibility index (Phi) is 3.99. The molecule has 1 radical (unpaired) electrons. The van der Waals surface area contributed by atoms with Gasteiger partial charge in [0, 0.05) is 6.54 Å². The molecule has 0 unspecified atom stereocenters. The molecule has 0 aliphatic heterocycles. The molecule has 0 aromatic heterocycles. The van der Waals surface area contributed by atoms with E-state index in [1.54, 1.807) is 6.08 Å². The lowest BCUT2D eigenvalue weighted by molar-refractivity contribution is 0.586. The van der Waals surface area contributed by atoms with Crippen molar-refractivity contribution in [2.75, 3.05) is 0 Å². The van der Waals surface area contributed by atoms with Gasteiger partial charge >= 0.3 is 0 Å². The number of rotatable bonds is 4. The van der Waals surface area contributed by atoms with Gasteiger partial charge in [0.1, 0.15) is 0 Å². The van der Waals surface area contributed by atoms with E-state index in [0.717, 1.165) is 11.1 Å². The lowest BCUT2D eigenvalue weighted by atomic mass is 10.1. The highest BCUT2D eigenvalue weighted by molar-refractivity contribution is 7.93. The highest BCUT2D eigenvalue weighted by Crippen LogP contribution is 2.20. The maximum Gasteiger partial charge on any atom is 0.237 e. The molecular weight excluding hydrogens is 246 g/mol. The van der Waals surface area contributed by atoms with E-state index in [1.807, 2.05) is 49.8 Å². The molecule has 1 aliphatic carbocycles. The zero-order valence-electron chi connectivity index (χ0n) is 10.3. The molecule has 18 heavy (non-hydrogen) atoms. The minimum atomic E-state index is -3.37. The summed E-state index contributed by atoms with van der Waals surface area (Å²) in [6, 6.07) is 9.48. The quantitative estimate of drug-likeness (QED) is 0.906. The summed E-state index contributed by atoms with van der Waals surface area (Å²) in [7, 11) is -3.37. The second-order valence-electron chi connectivity index (χ2n) is 4.26. The minimum Gasteiger partial charge on any atom is -0.207 e. The number of hydrogen-bond donors (Lipinski definition) is 1. The number of hydrogen-bond acceptors (Lipinski definition) is 2. The molecule has 1 N–H and O–H groups in total. The predicted octanol–water partition coefficient (Wildman–Crippen LogP) is 2.54. The summed E-state index contributed by atoms with van der Waals surface area (Å²) >= 11 is 0. The van der Waals surface area contributed by atoms with Crippen LogP contribution in [0.15, 0.2) is 53.0 Å². The van der Waals surface area contributed by atoms with Gasteiger partial charge in [0.05, 0.1) is 4.91 Å². The van der Waals surface area contributed by atoms with Crippen LogP contribution in [-0.2, 0) is 16.6 Å². The molecule has 1 aromatic carbocycles. The Morgan fingerprint density at radius 1 is 1.17 bits per heavy atom. The summed E-state index contributed by atoms with van der Waals surface area (Å²) in [5, 5.41) is 0. The van der Waals surface area contributed by atoms with Gasteiger partial charge in [-0.15, -0.1) is 0 Å². The van der Waals surface area contributed by atoms with Crippen molar-refractivity contribution in [1.29, 1.82) is 0 Å². The van der Waals surface area contributed by atoms with Gasteiger partial charge < -0.3 is 0 Å². The van der Waals surface area contributed by atoms with Crippen LogP contribution in [0.2, 0.25) is 0 Å². The average Bonchev–Trinajstić information content (AvgIpc) is 2.38. The maximum atomic E-state index is 12.0. The van der Waals surface area contributed by atoms with Crippen LogP contribution in [0.5, 0.6) is 0 Å². The largest absolute Gasteiger partial charge is 0.237 e. The molecule has 2 rings (SSSR count). The topological polar surface area (TPSA) is 46.2 Å². The third kappa shape index (κ3) is 3.31. The fourth-order valence-electron chi connectivity index (χ4n) is 1.69. The zero-order chi connectivity index (χ0) is 13.0. The second kappa shape index (κ2) is 5.50. The van der Waals surface area contributed by atoms with Gasteiger partial charge in [-0.3, -0.25) is 0 Å². The van der Waals surface area contributed by atoms with Gasteiger partial charge in [0.15, 0.2) is 0 Å². The highest BCUT2D eigenvalue weighted by atomic mass is 32.2. The summed E-state index contributed by atoms with van der Waals surface area (Å²) in [6.45, 7) is 2.28. The van der Waals surface area contributed by atoms with E-state index in [4.69, 9.17) is 0 Å². The summed E-state index contributed by atoms with van der Waals surface area (Å²) in [5.41, 5.74) is 2.05. The van der Waals surface area contributed by atoms with Crippen LogP contribution in [0.3, 0.4) is 0 Å². The zero-order valence-corrected chi connectivity index (χ0v) is 11.1. The number of sulfonamides is 1. The Morgan fingerprint density at radius 3 is 2.50 bits per heavy atom. The Balaban J connectivity index is 2.05. The van der Waals surface area contributed by atoms with Crippen molar-refractivity contribution in [1.82, 2.24) is 4.72 Å². The third-order valence-electron chi connectivity index (χ3n) is 2.81. The monoisotopic (exact) mass is 262 g/mol. The van der Waals surface area contributed by atoms with Gasteiger partial charge in [-0.25, -0.2) is 13.1 Å². The molecule has 0 heterocycles. The Morgan fingerprint density at radius 2 is 1.89 bits per heavy atom. The first kappa shape index (κ1) is 13.1. The summed E-state index contributed by atoms with van der Waals surface area (Å²) in [6.07, 6.45) is 5.87. The fourth-order valence-corrected chi connectivity index (χ4v) is 2.78. The first-order chi connectivity index (χ1) is 8.58. The van der Waals surface area contributed by atoms with Crippen LogP contribution in [0.4, 0.5) is 0 Å². The molecule has 0 saturated carbocycles.